The van der Waals surface area contributed by atoms with Gasteiger partial charge < -0.3 is 5.11 Å². The van der Waals surface area contributed by atoms with Gasteiger partial charge in [0, 0.05) is 5.92 Å². The van der Waals surface area contributed by atoms with E-state index < -0.39 is 0 Å². The van der Waals surface area contributed by atoms with Crippen molar-refractivity contribution in [2.24, 2.45) is 5.92 Å². The second-order valence-electron chi connectivity index (χ2n) is 5.16. The summed E-state index contributed by atoms with van der Waals surface area (Å²) in [5.41, 5.74) is 2.58. The Morgan fingerprint density at radius 2 is 1.78 bits per heavy atom. The quantitative estimate of drug-likeness (QED) is 0.850. The number of aliphatic hydroxyl groups is 1. The van der Waals surface area contributed by atoms with E-state index in [2.05, 4.69) is 55.5 Å². The maximum atomic E-state index is 9.38. The topological polar surface area (TPSA) is 20.2 Å². The van der Waals surface area contributed by atoms with Gasteiger partial charge in [0.15, 0.2) is 0 Å². The van der Waals surface area contributed by atoms with Gasteiger partial charge in [0.25, 0.3) is 0 Å². The molecule has 0 aromatic heterocycles. The summed E-state index contributed by atoms with van der Waals surface area (Å²) >= 11 is 0. The molecule has 2 rings (SSSR count). The van der Waals surface area contributed by atoms with E-state index >= 15 is 0 Å². The lowest BCUT2D eigenvalue weighted by Crippen LogP contribution is -2.10. The van der Waals surface area contributed by atoms with Crippen LogP contribution in [-0.2, 0) is 6.42 Å². The molecule has 0 aliphatic heterocycles. The summed E-state index contributed by atoms with van der Waals surface area (Å²) in [5, 5.41) is 9.38. The van der Waals surface area contributed by atoms with Crippen LogP contribution in [0.4, 0.5) is 0 Å². The molecule has 1 aromatic carbocycles. The zero-order chi connectivity index (χ0) is 13.0. The Morgan fingerprint density at radius 1 is 1.11 bits per heavy atom. The van der Waals surface area contributed by atoms with Gasteiger partial charge in [-0.15, -0.1) is 0 Å². The molecule has 1 nitrogen and oxygen atoms in total. The minimum Gasteiger partial charge on any atom is -0.393 e. The number of hydrogen-bond donors (Lipinski definition) is 1. The molecule has 1 N–H and O–H groups in total. The lowest BCUT2D eigenvalue weighted by atomic mass is 9.81. The normalized spacial score (nSPS) is 24.2. The van der Waals surface area contributed by atoms with Gasteiger partial charge in [0.05, 0.1) is 6.10 Å². The van der Waals surface area contributed by atoms with Crippen LogP contribution in [0.2, 0.25) is 0 Å². The predicted molar refractivity (Wildman–Crippen MR) is 76.6 cm³/mol. The first-order chi connectivity index (χ1) is 8.70. The van der Waals surface area contributed by atoms with Gasteiger partial charge in [-0.1, -0.05) is 55.5 Å². The van der Waals surface area contributed by atoms with E-state index in [4.69, 9.17) is 0 Å². The molecule has 3 atom stereocenters. The molecule has 1 aliphatic carbocycles. The summed E-state index contributed by atoms with van der Waals surface area (Å²) in [4.78, 5) is 0. The lowest BCUT2D eigenvalue weighted by Gasteiger charge is -2.23. The Morgan fingerprint density at radius 3 is 2.39 bits per heavy atom. The highest BCUT2D eigenvalue weighted by Crippen LogP contribution is 2.32. The van der Waals surface area contributed by atoms with Crippen molar-refractivity contribution in [3.8, 4) is 0 Å². The van der Waals surface area contributed by atoms with Crippen LogP contribution in [0.1, 0.15) is 37.3 Å². The van der Waals surface area contributed by atoms with Gasteiger partial charge in [-0.3, -0.25) is 0 Å². The maximum Gasteiger partial charge on any atom is 0.0552 e. The van der Waals surface area contributed by atoms with Crippen LogP contribution in [0.15, 0.2) is 48.6 Å². The van der Waals surface area contributed by atoms with Crippen molar-refractivity contribution in [3.05, 3.63) is 59.7 Å². The molecular formula is C17H22O. The van der Waals surface area contributed by atoms with Gasteiger partial charge in [-0.05, 0) is 36.8 Å². The van der Waals surface area contributed by atoms with E-state index in [9.17, 15) is 5.11 Å². The van der Waals surface area contributed by atoms with E-state index in [1.165, 1.54) is 17.5 Å². The summed E-state index contributed by atoms with van der Waals surface area (Å²) in [6.07, 6.45) is 10.5. The van der Waals surface area contributed by atoms with Crippen molar-refractivity contribution in [1.29, 1.82) is 0 Å². The Hall–Kier alpha value is -1.34. The average molecular weight is 242 g/mol. The van der Waals surface area contributed by atoms with Crippen LogP contribution < -0.4 is 0 Å². The largest absolute Gasteiger partial charge is 0.393 e. The molecule has 1 aromatic rings. The molecule has 0 amide bonds. The highest BCUT2D eigenvalue weighted by molar-refractivity contribution is 5.33. The minimum atomic E-state index is -0.267. The average Bonchev–Trinajstić information content (AvgIpc) is 2.39. The SMILES string of the molecule is CCC1C=CC=CC1c1ccc(CC(C)O)cc1. The Balaban J connectivity index is 2.13. The monoisotopic (exact) mass is 242 g/mol. The summed E-state index contributed by atoms with van der Waals surface area (Å²) in [6.45, 7) is 4.07. The molecule has 0 heterocycles. The number of allylic oxidation sites excluding steroid dienone is 4. The van der Waals surface area contributed by atoms with E-state index in [-0.39, 0.29) is 6.10 Å². The molecule has 1 heteroatoms. The molecule has 96 valence electrons. The van der Waals surface area contributed by atoms with Gasteiger partial charge in [0.1, 0.15) is 0 Å². The lowest BCUT2D eigenvalue weighted by molar-refractivity contribution is 0.195. The van der Waals surface area contributed by atoms with Crippen LogP contribution in [0, 0.1) is 5.92 Å². The first kappa shape index (κ1) is 13.1. The van der Waals surface area contributed by atoms with Crippen molar-refractivity contribution < 1.29 is 5.11 Å². The first-order valence-electron chi connectivity index (χ1n) is 6.82. The number of aliphatic hydroxyl groups excluding tert-OH is 1. The Kier molecular flexibility index (Phi) is 4.38. The van der Waals surface area contributed by atoms with Crippen LogP contribution in [0.3, 0.4) is 0 Å². The van der Waals surface area contributed by atoms with Crippen molar-refractivity contribution >= 4 is 0 Å². The maximum absolute atomic E-state index is 9.38. The molecule has 0 radical (unpaired) electrons. The van der Waals surface area contributed by atoms with Gasteiger partial charge >= 0.3 is 0 Å². The van der Waals surface area contributed by atoms with Crippen molar-refractivity contribution in [2.45, 2.75) is 38.7 Å². The van der Waals surface area contributed by atoms with E-state index in [1.54, 1.807) is 0 Å². The number of benzene rings is 1. The van der Waals surface area contributed by atoms with Crippen molar-refractivity contribution in [1.82, 2.24) is 0 Å². The molecule has 18 heavy (non-hydrogen) atoms. The molecule has 0 spiro atoms. The highest BCUT2D eigenvalue weighted by Gasteiger charge is 2.18. The van der Waals surface area contributed by atoms with Gasteiger partial charge in [0.2, 0.25) is 0 Å². The van der Waals surface area contributed by atoms with E-state index in [0.29, 0.717) is 11.8 Å². The summed E-state index contributed by atoms with van der Waals surface area (Å²) in [5.74, 6) is 1.11. The highest BCUT2D eigenvalue weighted by atomic mass is 16.3. The summed E-state index contributed by atoms with van der Waals surface area (Å²) < 4.78 is 0. The molecule has 0 bridgehead atoms. The zero-order valence-corrected chi connectivity index (χ0v) is 11.2. The predicted octanol–water partition coefficient (Wildman–Crippen LogP) is 3.85. The second kappa shape index (κ2) is 6.01. The fourth-order valence-electron chi connectivity index (χ4n) is 2.62. The molecule has 0 saturated carbocycles. The molecule has 0 fully saturated rings. The van der Waals surface area contributed by atoms with Crippen molar-refractivity contribution in [3.63, 3.8) is 0 Å². The van der Waals surface area contributed by atoms with Crippen LogP contribution in [0.5, 0.6) is 0 Å². The fourth-order valence-corrected chi connectivity index (χ4v) is 2.62. The fraction of sp³-hybridized carbons (Fsp3) is 0.412. The first-order valence-corrected chi connectivity index (χ1v) is 6.82. The third kappa shape index (κ3) is 3.11. The molecular weight excluding hydrogens is 220 g/mol. The third-order valence-electron chi connectivity index (χ3n) is 3.62. The smallest absolute Gasteiger partial charge is 0.0552 e. The van der Waals surface area contributed by atoms with Gasteiger partial charge in [-0.25, -0.2) is 0 Å². The Labute approximate surface area is 110 Å². The van der Waals surface area contributed by atoms with Crippen LogP contribution in [0.25, 0.3) is 0 Å². The van der Waals surface area contributed by atoms with E-state index in [1.807, 2.05) is 6.92 Å². The van der Waals surface area contributed by atoms with Crippen LogP contribution in [-0.4, -0.2) is 11.2 Å². The zero-order valence-electron chi connectivity index (χ0n) is 11.2. The third-order valence-corrected chi connectivity index (χ3v) is 3.62. The molecule has 1 aliphatic rings. The summed E-state index contributed by atoms with van der Waals surface area (Å²) in [6, 6.07) is 8.69. The van der Waals surface area contributed by atoms with Crippen molar-refractivity contribution in [2.75, 3.05) is 0 Å². The summed E-state index contributed by atoms with van der Waals surface area (Å²) in [7, 11) is 0. The molecule has 0 saturated heterocycles. The second-order valence-corrected chi connectivity index (χ2v) is 5.16. The minimum absolute atomic E-state index is 0.267. The molecule has 3 unspecified atom stereocenters. The van der Waals surface area contributed by atoms with Crippen LogP contribution >= 0.6 is 0 Å². The Bertz CT molecular complexity index is 425. The number of hydrogen-bond acceptors (Lipinski definition) is 1. The van der Waals surface area contributed by atoms with E-state index in [0.717, 1.165) is 6.42 Å². The number of rotatable bonds is 4. The van der Waals surface area contributed by atoms with Gasteiger partial charge in [-0.2, -0.15) is 0 Å². The standard InChI is InChI=1S/C17H22O/c1-3-15-6-4-5-7-17(15)16-10-8-14(9-11-16)12-13(2)18/h4-11,13,15,17-18H,3,12H2,1-2H3.